The van der Waals surface area contributed by atoms with Crippen molar-refractivity contribution in [3.8, 4) is 5.75 Å². The van der Waals surface area contributed by atoms with E-state index in [1.165, 1.54) is 16.7 Å². The smallest absolute Gasteiger partial charge is 0.191 e. The van der Waals surface area contributed by atoms with E-state index in [2.05, 4.69) is 65.0 Å². The molecule has 24 heavy (non-hydrogen) atoms. The number of rotatable bonds is 5. The van der Waals surface area contributed by atoms with Gasteiger partial charge in [0.1, 0.15) is 5.75 Å². The zero-order valence-electron chi connectivity index (χ0n) is 14.4. The van der Waals surface area contributed by atoms with Gasteiger partial charge in [0, 0.05) is 20.0 Å². The number of aliphatic imine (C=N–C) groups is 1. The van der Waals surface area contributed by atoms with Crippen LogP contribution in [-0.2, 0) is 12.8 Å². The fraction of sp³-hybridized carbons (Fsp3) is 0.350. The molecule has 4 heteroatoms. The molecule has 1 aliphatic heterocycles. The summed E-state index contributed by atoms with van der Waals surface area (Å²) in [7, 11) is 1.81. The highest BCUT2D eigenvalue weighted by Crippen LogP contribution is 2.25. The molecule has 0 fully saturated rings. The van der Waals surface area contributed by atoms with Crippen molar-refractivity contribution in [2.45, 2.75) is 25.8 Å². The molecule has 0 aliphatic carbocycles. The Balaban J connectivity index is 1.49. The maximum atomic E-state index is 5.55. The maximum absolute atomic E-state index is 5.55. The fourth-order valence-corrected chi connectivity index (χ4v) is 2.95. The van der Waals surface area contributed by atoms with Gasteiger partial charge in [0.2, 0.25) is 0 Å². The molecule has 1 aliphatic rings. The molecule has 1 heterocycles. The van der Waals surface area contributed by atoms with Crippen LogP contribution in [0, 0.1) is 0 Å². The zero-order valence-corrected chi connectivity index (χ0v) is 14.4. The third-order valence-electron chi connectivity index (χ3n) is 4.34. The van der Waals surface area contributed by atoms with Gasteiger partial charge in [-0.25, -0.2) is 0 Å². The number of hydrogen-bond acceptors (Lipinski definition) is 2. The van der Waals surface area contributed by atoms with Gasteiger partial charge in [-0.05, 0) is 36.1 Å². The summed E-state index contributed by atoms with van der Waals surface area (Å²) in [6.07, 6.45) is 1.99. The van der Waals surface area contributed by atoms with Gasteiger partial charge in [0.25, 0.3) is 0 Å². The molecule has 0 spiro atoms. The van der Waals surface area contributed by atoms with Gasteiger partial charge in [-0.3, -0.25) is 4.99 Å². The predicted molar refractivity (Wildman–Crippen MR) is 98.7 cm³/mol. The van der Waals surface area contributed by atoms with Crippen LogP contribution in [0.4, 0.5) is 0 Å². The number of nitrogens with one attached hydrogen (secondary N) is 2. The molecule has 0 bridgehead atoms. The first-order valence-electron chi connectivity index (χ1n) is 8.53. The van der Waals surface area contributed by atoms with E-state index in [-0.39, 0.29) is 6.04 Å². The van der Waals surface area contributed by atoms with Crippen molar-refractivity contribution in [2.75, 3.05) is 20.2 Å². The first-order valence-corrected chi connectivity index (χ1v) is 8.53. The second kappa shape index (κ2) is 7.86. The van der Waals surface area contributed by atoms with Crippen LogP contribution in [0.2, 0.25) is 0 Å². The van der Waals surface area contributed by atoms with Gasteiger partial charge >= 0.3 is 0 Å². The standard InChI is InChI=1S/C20H25N3O/c1-15(17-6-4-3-5-7-17)23-20(21-2)22-12-10-16-8-9-19-18(14-16)11-13-24-19/h3-9,14-15H,10-13H2,1-2H3,(H2,21,22,23). The number of hydrogen-bond donors (Lipinski definition) is 2. The molecule has 0 aromatic heterocycles. The molecular weight excluding hydrogens is 298 g/mol. The highest BCUT2D eigenvalue weighted by Gasteiger charge is 2.12. The predicted octanol–water partition coefficient (Wildman–Crippen LogP) is 3.09. The Morgan fingerprint density at radius 3 is 2.83 bits per heavy atom. The average molecular weight is 323 g/mol. The topological polar surface area (TPSA) is 45.7 Å². The Bertz CT molecular complexity index is 697. The number of nitrogens with zero attached hydrogens (tertiary/aromatic N) is 1. The van der Waals surface area contributed by atoms with Crippen molar-refractivity contribution >= 4 is 5.96 Å². The van der Waals surface area contributed by atoms with E-state index in [4.69, 9.17) is 4.74 Å². The Morgan fingerprint density at radius 2 is 2.04 bits per heavy atom. The summed E-state index contributed by atoms with van der Waals surface area (Å²) in [5.74, 6) is 1.87. The minimum atomic E-state index is 0.217. The van der Waals surface area contributed by atoms with E-state index in [0.29, 0.717) is 0 Å². The minimum absolute atomic E-state index is 0.217. The zero-order chi connectivity index (χ0) is 16.8. The van der Waals surface area contributed by atoms with Crippen LogP contribution in [0.25, 0.3) is 0 Å². The number of ether oxygens (including phenoxy) is 1. The van der Waals surface area contributed by atoms with Crippen LogP contribution in [0.15, 0.2) is 53.5 Å². The minimum Gasteiger partial charge on any atom is -0.493 e. The summed E-state index contributed by atoms with van der Waals surface area (Å²) >= 11 is 0. The molecule has 1 unspecified atom stereocenters. The van der Waals surface area contributed by atoms with Gasteiger partial charge in [0.15, 0.2) is 5.96 Å². The molecule has 2 aromatic carbocycles. The number of benzene rings is 2. The van der Waals surface area contributed by atoms with Crippen LogP contribution < -0.4 is 15.4 Å². The van der Waals surface area contributed by atoms with Crippen LogP contribution in [0.5, 0.6) is 5.75 Å². The Kier molecular flexibility index (Phi) is 5.36. The average Bonchev–Trinajstić information content (AvgIpc) is 3.09. The van der Waals surface area contributed by atoms with E-state index in [1.807, 2.05) is 6.07 Å². The molecule has 126 valence electrons. The van der Waals surface area contributed by atoms with E-state index in [1.54, 1.807) is 7.05 Å². The van der Waals surface area contributed by atoms with Crippen molar-refractivity contribution in [2.24, 2.45) is 4.99 Å². The lowest BCUT2D eigenvalue weighted by Gasteiger charge is -2.18. The second-order valence-electron chi connectivity index (χ2n) is 6.07. The van der Waals surface area contributed by atoms with Gasteiger partial charge in [-0.15, -0.1) is 0 Å². The molecule has 0 saturated carbocycles. The summed E-state index contributed by atoms with van der Waals surface area (Å²) in [5, 5.41) is 6.82. The third kappa shape index (κ3) is 4.07. The molecule has 0 amide bonds. The lowest BCUT2D eigenvalue weighted by atomic mass is 10.1. The van der Waals surface area contributed by atoms with Crippen molar-refractivity contribution in [1.82, 2.24) is 10.6 Å². The monoisotopic (exact) mass is 323 g/mol. The van der Waals surface area contributed by atoms with Crippen molar-refractivity contribution in [3.63, 3.8) is 0 Å². The first kappa shape index (κ1) is 16.4. The van der Waals surface area contributed by atoms with Crippen LogP contribution in [0.3, 0.4) is 0 Å². The maximum Gasteiger partial charge on any atom is 0.191 e. The lowest BCUT2D eigenvalue weighted by Crippen LogP contribution is -2.39. The summed E-state index contributed by atoms with van der Waals surface area (Å²) < 4.78 is 5.55. The number of guanidine groups is 1. The molecule has 1 atom stereocenters. The quantitative estimate of drug-likeness (QED) is 0.656. The van der Waals surface area contributed by atoms with Crippen LogP contribution >= 0.6 is 0 Å². The molecule has 0 radical (unpaired) electrons. The second-order valence-corrected chi connectivity index (χ2v) is 6.07. The molecule has 3 rings (SSSR count). The normalized spacial score (nSPS) is 14.7. The summed E-state index contributed by atoms with van der Waals surface area (Å²) in [6, 6.07) is 17.1. The summed E-state index contributed by atoms with van der Waals surface area (Å²) in [5.41, 5.74) is 3.91. The molecule has 2 aromatic rings. The van der Waals surface area contributed by atoms with Crippen LogP contribution in [0.1, 0.15) is 29.7 Å². The first-order chi connectivity index (χ1) is 11.8. The van der Waals surface area contributed by atoms with Crippen molar-refractivity contribution < 1.29 is 4.74 Å². The van der Waals surface area contributed by atoms with E-state index in [9.17, 15) is 0 Å². The Morgan fingerprint density at radius 1 is 1.21 bits per heavy atom. The van der Waals surface area contributed by atoms with Gasteiger partial charge in [-0.2, -0.15) is 0 Å². The molecular formula is C20H25N3O. The molecule has 4 nitrogen and oxygen atoms in total. The SMILES string of the molecule is CN=C(NCCc1ccc2c(c1)CCO2)NC(C)c1ccccc1. The van der Waals surface area contributed by atoms with Crippen molar-refractivity contribution in [3.05, 3.63) is 65.2 Å². The van der Waals surface area contributed by atoms with E-state index >= 15 is 0 Å². The van der Waals surface area contributed by atoms with Gasteiger partial charge in [0.05, 0.1) is 12.6 Å². The largest absolute Gasteiger partial charge is 0.493 e. The molecule has 2 N–H and O–H groups in total. The van der Waals surface area contributed by atoms with E-state index in [0.717, 1.165) is 37.7 Å². The van der Waals surface area contributed by atoms with Gasteiger partial charge in [-0.1, -0.05) is 42.5 Å². The Labute approximate surface area is 144 Å². The Hall–Kier alpha value is -2.49. The highest BCUT2D eigenvalue weighted by molar-refractivity contribution is 5.80. The van der Waals surface area contributed by atoms with E-state index < -0.39 is 0 Å². The third-order valence-corrected chi connectivity index (χ3v) is 4.34. The molecule has 0 saturated heterocycles. The van der Waals surface area contributed by atoms with Crippen LogP contribution in [-0.4, -0.2) is 26.2 Å². The number of fused-ring (bicyclic) bond motifs is 1. The van der Waals surface area contributed by atoms with Crippen molar-refractivity contribution in [1.29, 1.82) is 0 Å². The lowest BCUT2D eigenvalue weighted by molar-refractivity contribution is 0.357. The fourth-order valence-electron chi connectivity index (χ4n) is 2.95. The summed E-state index contributed by atoms with van der Waals surface area (Å²) in [6.45, 7) is 3.80. The summed E-state index contributed by atoms with van der Waals surface area (Å²) in [4.78, 5) is 4.32. The highest BCUT2D eigenvalue weighted by atomic mass is 16.5. The van der Waals surface area contributed by atoms with Gasteiger partial charge < -0.3 is 15.4 Å².